The van der Waals surface area contributed by atoms with Crippen LogP contribution in [0, 0.1) is 0 Å². The van der Waals surface area contributed by atoms with Crippen LogP contribution in [0.5, 0.6) is 0 Å². The van der Waals surface area contributed by atoms with Crippen molar-refractivity contribution in [3.63, 3.8) is 0 Å². The van der Waals surface area contributed by atoms with Crippen molar-refractivity contribution in [2.75, 3.05) is 6.61 Å². The van der Waals surface area contributed by atoms with E-state index >= 15 is 0 Å². The van der Waals surface area contributed by atoms with Crippen molar-refractivity contribution in [3.8, 4) is 0 Å². The summed E-state index contributed by atoms with van der Waals surface area (Å²) in [6.45, 7) is 16.3. The molecule has 1 rings (SSSR count). The van der Waals surface area contributed by atoms with Gasteiger partial charge in [0.1, 0.15) is 10.6 Å². The molecule has 1 aromatic heterocycles. The lowest BCUT2D eigenvalue weighted by Crippen LogP contribution is -2.41. The van der Waals surface area contributed by atoms with E-state index in [1.54, 1.807) is 20.8 Å². The molecule has 0 saturated carbocycles. The Morgan fingerprint density at radius 3 is 2.19 bits per heavy atom. The highest BCUT2D eigenvalue weighted by Crippen LogP contribution is 2.36. The summed E-state index contributed by atoms with van der Waals surface area (Å²) in [7, 11) is -5.89. The Labute approximate surface area is 157 Å². The highest BCUT2D eigenvalue weighted by molar-refractivity contribution is 7.89. The van der Waals surface area contributed by atoms with E-state index in [0.29, 0.717) is 6.61 Å². The molecule has 0 fully saturated rings. The first-order valence-corrected chi connectivity index (χ1v) is 13.0. The average molecular weight is 405 g/mol. The van der Waals surface area contributed by atoms with Gasteiger partial charge in [-0.05, 0) is 45.0 Å². The molecule has 7 nitrogen and oxygen atoms in total. The molecule has 0 radical (unpaired) electrons. The van der Waals surface area contributed by atoms with Gasteiger partial charge in [0.25, 0.3) is 0 Å². The molecule has 0 aliphatic carbocycles. The number of aromatic carboxylic acids is 1. The summed E-state index contributed by atoms with van der Waals surface area (Å²) in [5.41, 5.74) is -0.956. The first-order chi connectivity index (χ1) is 11.5. The van der Waals surface area contributed by atoms with Crippen LogP contribution < -0.4 is 4.72 Å². The van der Waals surface area contributed by atoms with E-state index in [0.717, 1.165) is 0 Å². The third kappa shape index (κ3) is 5.67. The summed E-state index contributed by atoms with van der Waals surface area (Å²) >= 11 is 0. The van der Waals surface area contributed by atoms with Crippen LogP contribution in [0.15, 0.2) is 17.2 Å². The molecule has 2 N–H and O–H groups in total. The van der Waals surface area contributed by atoms with Gasteiger partial charge in [0.15, 0.2) is 8.32 Å². The van der Waals surface area contributed by atoms with Crippen molar-refractivity contribution in [1.29, 1.82) is 0 Å². The Balaban J connectivity index is 3.07. The topological polar surface area (TPSA) is 97.6 Å². The van der Waals surface area contributed by atoms with Crippen LogP contribution in [0.4, 0.5) is 0 Å². The van der Waals surface area contributed by atoms with Crippen molar-refractivity contribution in [3.05, 3.63) is 18.0 Å². The van der Waals surface area contributed by atoms with Gasteiger partial charge in [0, 0.05) is 18.3 Å². The van der Waals surface area contributed by atoms with Crippen LogP contribution in [-0.4, -0.2) is 44.5 Å². The predicted molar refractivity (Wildman–Crippen MR) is 105 cm³/mol. The summed E-state index contributed by atoms with van der Waals surface area (Å²) in [4.78, 5) is 11.5. The van der Waals surface area contributed by atoms with Crippen molar-refractivity contribution < 1.29 is 22.7 Å². The van der Waals surface area contributed by atoms with E-state index in [4.69, 9.17) is 4.43 Å². The lowest BCUT2D eigenvalue weighted by atomic mass is 10.1. The number of carbonyl (C=O) groups is 1. The number of rotatable bonds is 7. The van der Waals surface area contributed by atoms with Gasteiger partial charge in [-0.2, -0.15) is 0 Å². The van der Waals surface area contributed by atoms with Gasteiger partial charge < -0.3 is 14.1 Å². The van der Waals surface area contributed by atoms with Gasteiger partial charge >= 0.3 is 5.97 Å². The van der Waals surface area contributed by atoms with Crippen LogP contribution in [0.25, 0.3) is 0 Å². The quantitative estimate of drug-likeness (QED) is 0.680. The maximum absolute atomic E-state index is 12.5. The third-order valence-electron chi connectivity index (χ3n) is 4.46. The number of hydrogen-bond donors (Lipinski definition) is 2. The van der Waals surface area contributed by atoms with E-state index in [-0.39, 0.29) is 22.2 Å². The minimum atomic E-state index is -3.93. The normalized spacial score (nSPS) is 13.8. The molecule has 1 heterocycles. The first kappa shape index (κ1) is 22.9. The zero-order valence-corrected chi connectivity index (χ0v) is 18.8. The van der Waals surface area contributed by atoms with Crippen LogP contribution in [0.1, 0.15) is 52.0 Å². The Hall–Kier alpha value is -1.16. The molecule has 0 aliphatic rings. The number of nitrogens with one attached hydrogen (secondary N) is 1. The number of sulfonamides is 1. The molecule has 26 heavy (non-hydrogen) atoms. The van der Waals surface area contributed by atoms with Crippen molar-refractivity contribution in [2.45, 2.75) is 76.7 Å². The van der Waals surface area contributed by atoms with Crippen LogP contribution >= 0.6 is 0 Å². The van der Waals surface area contributed by atoms with Crippen LogP contribution in [0.3, 0.4) is 0 Å². The predicted octanol–water partition coefficient (Wildman–Crippen LogP) is 3.28. The maximum atomic E-state index is 12.5. The smallest absolute Gasteiger partial charge is 0.353 e. The third-order valence-corrected chi connectivity index (χ3v) is 10.8. The number of nitrogens with zero attached hydrogens (tertiary/aromatic N) is 1. The lowest BCUT2D eigenvalue weighted by molar-refractivity contribution is 0.0679. The minimum Gasteiger partial charge on any atom is -0.477 e. The van der Waals surface area contributed by atoms with Crippen molar-refractivity contribution in [1.82, 2.24) is 9.29 Å². The van der Waals surface area contributed by atoms with Gasteiger partial charge in [0.05, 0.1) is 6.61 Å². The second-order valence-electron chi connectivity index (χ2n) is 8.99. The molecule has 0 aliphatic heterocycles. The van der Waals surface area contributed by atoms with Crippen molar-refractivity contribution >= 4 is 24.3 Å². The van der Waals surface area contributed by atoms with Crippen molar-refractivity contribution in [2.24, 2.45) is 0 Å². The second kappa shape index (κ2) is 7.45. The lowest BCUT2D eigenvalue weighted by Gasteiger charge is -2.36. The van der Waals surface area contributed by atoms with Gasteiger partial charge in [-0.25, -0.2) is 17.9 Å². The monoisotopic (exact) mass is 404 g/mol. The zero-order chi connectivity index (χ0) is 20.6. The molecule has 1 aromatic rings. The minimum absolute atomic E-state index is 0.0461. The fraction of sp³-hybridized carbons (Fsp3) is 0.706. The summed E-state index contributed by atoms with van der Waals surface area (Å²) in [6.07, 6.45) is 1.48. The maximum Gasteiger partial charge on any atom is 0.353 e. The number of carboxylic acid groups (broad SMARTS) is 1. The fourth-order valence-corrected chi connectivity index (χ4v) is 4.81. The molecule has 0 spiro atoms. The Morgan fingerprint density at radius 2 is 1.77 bits per heavy atom. The molecule has 0 atom stereocenters. The molecule has 0 saturated heterocycles. The summed E-state index contributed by atoms with van der Waals surface area (Å²) in [5, 5.41) is 9.59. The summed E-state index contributed by atoms with van der Waals surface area (Å²) in [5.74, 6) is -1.28. The van der Waals surface area contributed by atoms with Gasteiger partial charge in [-0.3, -0.25) is 0 Å². The molecule has 0 amide bonds. The van der Waals surface area contributed by atoms with E-state index < -0.39 is 29.8 Å². The fourth-order valence-electron chi connectivity index (χ4n) is 2.16. The van der Waals surface area contributed by atoms with Crippen LogP contribution in [-0.2, 0) is 21.0 Å². The van der Waals surface area contributed by atoms with E-state index in [1.165, 1.54) is 16.8 Å². The Kier molecular flexibility index (Phi) is 6.56. The second-order valence-corrected chi connectivity index (χ2v) is 15.5. The molecule has 0 bridgehead atoms. The average Bonchev–Trinajstić information content (AvgIpc) is 2.79. The van der Waals surface area contributed by atoms with Gasteiger partial charge in [0.2, 0.25) is 10.0 Å². The largest absolute Gasteiger partial charge is 0.477 e. The standard InChI is InChI=1S/C17H32N2O5SSi/c1-16(2,3)18-25(22,23)13-9-10-19(14(13)15(20)21)11-12-24-26(7,8)17(4,5)6/h9-10,18H,11-12H2,1-8H3,(H,20,21). The molecular formula is C17H32N2O5SSi. The van der Waals surface area contributed by atoms with Gasteiger partial charge in [-0.15, -0.1) is 0 Å². The molecular weight excluding hydrogens is 372 g/mol. The Bertz CT molecular complexity index is 755. The van der Waals surface area contributed by atoms with E-state index in [1.807, 2.05) is 0 Å². The highest BCUT2D eigenvalue weighted by Gasteiger charge is 2.37. The molecule has 150 valence electrons. The first-order valence-electron chi connectivity index (χ1n) is 8.58. The summed E-state index contributed by atoms with van der Waals surface area (Å²) < 4.78 is 35.1. The summed E-state index contributed by atoms with van der Waals surface area (Å²) in [6, 6.07) is 1.32. The number of carboxylic acids is 1. The highest BCUT2D eigenvalue weighted by atomic mass is 32.2. The van der Waals surface area contributed by atoms with E-state index in [9.17, 15) is 18.3 Å². The molecule has 9 heteroatoms. The SMILES string of the molecule is CC(C)(C)NS(=O)(=O)c1ccn(CCO[Si](C)(C)C(C)(C)C)c1C(=O)O. The number of hydrogen-bond acceptors (Lipinski definition) is 4. The zero-order valence-electron chi connectivity index (χ0n) is 17.0. The Morgan fingerprint density at radius 1 is 1.23 bits per heavy atom. The molecule has 0 aromatic carbocycles. The van der Waals surface area contributed by atoms with Crippen LogP contribution in [0.2, 0.25) is 18.1 Å². The number of aromatic nitrogens is 1. The van der Waals surface area contributed by atoms with E-state index in [2.05, 4.69) is 38.6 Å². The molecule has 0 unspecified atom stereocenters. The van der Waals surface area contributed by atoms with Gasteiger partial charge in [-0.1, -0.05) is 20.8 Å².